The molecule has 0 unspecified atom stereocenters. The quantitative estimate of drug-likeness (QED) is 0.787. The molecule has 1 amide bonds. The maximum atomic E-state index is 12.2. The molecule has 0 spiro atoms. The van der Waals surface area contributed by atoms with Gasteiger partial charge < -0.3 is 9.64 Å². The van der Waals surface area contributed by atoms with Crippen LogP contribution in [0.25, 0.3) is 0 Å². The van der Waals surface area contributed by atoms with Crippen LogP contribution in [0.5, 0.6) is 0 Å². The van der Waals surface area contributed by atoms with Crippen LogP contribution in [0.4, 0.5) is 4.79 Å². The number of hydrogen-bond acceptors (Lipinski definition) is 3. The van der Waals surface area contributed by atoms with Crippen molar-refractivity contribution >= 4 is 23.5 Å². The number of ketones is 1. The fraction of sp³-hybridized carbons (Fsp3) is 0.500. The van der Waals surface area contributed by atoms with Crippen LogP contribution in [0.3, 0.4) is 0 Å². The van der Waals surface area contributed by atoms with Gasteiger partial charge in [0.2, 0.25) is 0 Å². The minimum Gasteiger partial charge on any atom is -0.444 e. The van der Waals surface area contributed by atoms with E-state index in [2.05, 4.69) is 0 Å². The van der Waals surface area contributed by atoms with Gasteiger partial charge in [0.15, 0.2) is 5.78 Å². The van der Waals surface area contributed by atoms with Crippen molar-refractivity contribution in [1.82, 2.24) is 4.90 Å². The van der Waals surface area contributed by atoms with Crippen molar-refractivity contribution in [3.8, 4) is 0 Å². The Hall–Kier alpha value is -1.55. The van der Waals surface area contributed by atoms with E-state index in [9.17, 15) is 9.59 Å². The lowest BCUT2D eigenvalue weighted by Gasteiger charge is -2.24. The second-order valence-electron chi connectivity index (χ2n) is 6.03. The molecule has 5 heteroatoms. The van der Waals surface area contributed by atoms with Gasteiger partial charge in [-0.1, -0.05) is 17.7 Å². The predicted molar refractivity (Wildman–Crippen MR) is 84.0 cm³/mol. The number of halogens is 1. The zero-order chi connectivity index (χ0) is 16.2. The van der Waals surface area contributed by atoms with Crippen LogP contribution in [0.2, 0.25) is 5.02 Å². The third-order valence-electron chi connectivity index (χ3n) is 2.88. The van der Waals surface area contributed by atoms with E-state index in [4.69, 9.17) is 16.3 Å². The molecule has 0 N–H and O–H groups in total. The van der Waals surface area contributed by atoms with E-state index < -0.39 is 11.7 Å². The maximum Gasteiger partial charge on any atom is 0.410 e. The van der Waals surface area contributed by atoms with Gasteiger partial charge in [-0.15, -0.1) is 0 Å². The lowest BCUT2D eigenvalue weighted by Crippen LogP contribution is -2.35. The summed E-state index contributed by atoms with van der Waals surface area (Å²) in [6, 6.07) is 5.22. The second kappa shape index (κ2) is 6.94. The molecule has 0 saturated heterocycles. The first-order valence-electron chi connectivity index (χ1n) is 6.83. The number of carbonyl (C=O) groups is 2. The molecule has 0 aromatic heterocycles. The van der Waals surface area contributed by atoms with Gasteiger partial charge >= 0.3 is 6.09 Å². The largest absolute Gasteiger partial charge is 0.444 e. The summed E-state index contributed by atoms with van der Waals surface area (Å²) in [5, 5.41) is 0.532. The first-order valence-corrected chi connectivity index (χ1v) is 7.21. The van der Waals surface area contributed by atoms with Crippen LogP contribution in [-0.4, -0.2) is 36.0 Å². The first kappa shape index (κ1) is 17.5. The second-order valence-corrected chi connectivity index (χ2v) is 6.47. The number of rotatable bonds is 4. The SMILES string of the molecule is Cc1ccc(Cl)cc1C(=O)CCN(C)C(=O)OC(C)(C)C. The monoisotopic (exact) mass is 311 g/mol. The van der Waals surface area contributed by atoms with Crippen molar-refractivity contribution in [1.29, 1.82) is 0 Å². The van der Waals surface area contributed by atoms with E-state index >= 15 is 0 Å². The van der Waals surface area contributed by atoms with E-state index in [0.717, 1.165) is 5.56 Å². The molecule has 1 aromatic carbocycles. The highest BCUT2D eigenvalue weighted by atomic mass is 35.5. The third-order valence-corrected chi connectivity index (χ3v) is 3.11. The Balaban J connectivity index is 2.60. The standard InChI is InChI=1S/C16H22ClNO3/c1-11-6-7-12(17)10-13(11)14(19)8-9-18(5)15(20)21-16(2,3)4/h6-7,10H,8-9H2,1-5H3. The Morgan fingerprint density at radius 1 is 1.29 bits per heavy atom. The number of aryl methyl sites for hydroxylation is 1. The summed E-state index contributed by atoms with van der Waals surface area (Å²) in [5.41, 5.74) is 0.934. The third kappa shape index (κ3) is 5.76. The number of benzene rings is 1. The predicted octanol–water partition coefficient (Wildman–Crippen LogP) is 4.09. The molecular weight excluding hydrogens is 290 g/mol. The van der Waals surface area contributed by atoms with Gasteiger partial charge in [-0.05, 0) is 45.4 Å². The summed E-state index contributed by atoms with van der Waals surface area (Å²) in [4.78, 5) is 25.4. The van der Waals surface area contributed by atoms with Crippen LogP contribution < -0.4 is 0 Å². The highest BCUT2D eigenvalue weighted by Crippen LogP contribution is 2.17. The van der Waals surface area contributed by atoms with Crippen molar-refractivity contribution in [2.45, 2.75) is 39.7 Å². The van der Waals surface area contributed by atoms with Crippen molar-refractivity contribution in [2.75, 3.05) is 13.6 Å². The summed E-state index contributed by atoms with van der Waals surface area (Å²) in [6.07, 6.45) is -0.199. The molecule has 0 heterocycles. The van der Waals surface area contributed by atoms with Crippen molar-refractivity contribution in [3.63, 3.8) is 0 Å². The highest BCUT2D eigenvalue weighted by Gasteiger charge is 2.20. The number of Topliss-reactive ketones (excluding diaryl/α,β-unsaturated/α-hetero) is 1. The molecule has 116 valence electrons. The van der Waals surface area contributed by atoms with E-state index in [0.29, 0.717) is 17.1 Å². The fourth-order valence-corrected chi connectivity index (χ4v) is 1.90. The van der Waals surface area contributed by atoms with Gasteiger partial charge in [-0.3, -0.25) is 4.79 Å². The number of nitrogens with zero attached hydrogens (tertiary/aromatic N) is 1. The molecule has 0 aliphatic rings. The Bertz CT molecular complexity index is 535. The van der Waals surface area contributed by atoms with Crippen molar-refractivity contribution in [2.24, 2.45) is 0 Å². The molecule has 0 aliphatic carbocycles. The molecule has 0 aliphatic heterocycles. The normalized spacial score (nSPS) is 11.1. The molecule has 0 fully saturated rings. The molecule has 1 aromatic rings. The smallest absolute Gasteiger partial charge is 0.410 e. The summed E-state index contributed by atoms with van der Waals surface area (Å²) >= 11 is 5.91. The highest BCUT2D eigenvalue weighted by molar-refractivity contribution is 6.31. The van der Waals surface area contributed by atoms with Gasteiger partial charge in [-0.25, -0.2) is 4.79 Å². The zero-order valence-corrected chi connectivity index (χ0v) is 14.0. The van der Waals surface area contributed by atoms with Gasteiger partial charge in [0.25, 0.3) is 0 Å². The number of carbonyl (C=O) groups excluding carboxylic acids is 2. The topological polar surface area (TPSA) is 46.6 Å². The van der Waals surface area contributed by atoms with Crippen LogP contribution in [0.1, 0.15) is 43.1 Å². The van der Waals surface area contributed by atoms with E-state index in [1.54, 1.807) is 40.0 Å². The van der Waals surface area contributed by atoms with Gasteiger partial charge in [0.1, 0.15) is 5.60 Å². The molecular formula is C16H22ClNO3. The fourth-order valence-electron chi connectivity index (χ4n) is 1.73. The summed E-state index contributed by atoms with van der Waals surface area (Å²) < 4.78 is 5.23. The average molecular weight is 312 g/mol. The molecule has 0 radical (unpaired) electrons. The maximum absolute atomic E-state index is 12.2. The van der Waals surface area contributed by atoms with Crippen molar-refractivity contribution in [3.05, 3.63) is 34.3 Å². The first-order chi connectivity index (χ1) is 9.60. The summed E-state index contributed by atoms with van der Waals surface area (Å²) in [7, 11) is 1.62. The molecule has 0 saturated carbocycles. The molecule has 1 rings (SSSR count). The van der Waals surface area contributed by atoms with E-state index in [1.807, 2.05) is 13.0 Å². The minimum atomic E-state index is -0.543. The van der Waals surface area contributed by atoms with Crippen LogP contribution >= 0.6 is 11.6 Å². The number of hydrogen-bond donors (Lipinski definition) is 0. The lowest BCUT2D eigenvalue weighted by molar-refractivity contribution is 0.0298. The number of amides is 1. The minimum absolute atomic E-state index is 0.0367. The Morgan fingerprint density at radius 2 is 1.90 bits per heavy atom. The summed E-state index contributed by atoms with van der Waals surface area (Å²) in [5.74, 6) is -0.0367. The van der Waals surface area contributed by atoms with Gasteiger partial charge in [0.05, 0.1) is 0 Å². The summed E-state index contributed by atoms with van der Waals surface area (Å²) in [6.45, 7) is 7.58. The molecule has 4 nitrogen and oxygen atoms in total. The van der Waals surface area contributed by atoms with Crippen LogP contribution in [0, 0.1) is 6.92 Å². The van der Waals surface area contributed by atoms with Gasteiger partial charge in [-0.2, -0.15) is 0 Å². The number of ether oxygens (including phenoxy) is 1. The van der Waals surface area contributed by atoms with Crippen LogP contribution in [0.15, 0.2) is 18.2 Å². The average Bonchev–Trinajstić information content (AvgIpc) is 2.36. The van der Waals surface area contributed by atoms with Crippen molar-refractivity contribution < 1.29 is 14.3 Å². The van der Waals surface area contributed by atoms with Crippen LogP contribution in [-0.2, 0) is 4.74 Å². The molecule has 0 atom stereocenters. The Kier molecular flexibility index (Phi) is 5.78. The zero-order valence-electron chi connectivity index (χ0n) is 13.2. The van der Waals surface area contributed by atoms with E-state index in [1.165, 1.54) is 4.90 Å². The lowest BCUT2D eigenvalue weighted by atomic mass is 10.0. The molecule has 0 bridgehead atoms. The Morgan fingerprint density at radius 3 is 2.48 bits per heavy atom. The molecule has 21 heavy (non-hydrogen) atoms. The van der Waals surface area contributed by atoms with E-state index in [-0.39, 0.29) is 12.2 Å². The van der Waals surface area contributed by atoms with Gasteiger partial charge in [0, 0.05) is 30.6 Å². The Labute approximate surface area is 131 Å².